The SMILES string of the molecule is CN(C)C(CNC(=O)Nc1ccccc1-n1cccn1)c1ccc(F)cc1. The van der Waals surface area contributed by atoms with Gasteiger partial charge >= 0.3 is 6.03 Å². The number of nitrogens with one attached hydrogen (secondary N) is 2. The van der Waals surface area contributed by atoms with Crippen LogP contribution in [0.15, 0.2) is 67.0 Å². The molecule has 0 saturated heterocycles. The second-order valence-corrected chi connectivity index (χ2v) is 6.33. The van der Waals surface area contributed by atoms with Gasteiger partial charge in [0.15, 0.2) is 0 Å². The molecule has 0 aliphatic heterocycles. The van der Waals surface area contributed by atoms with Crippen LogP contribution < -0.4 is 10.6 Å². The van der Waals surface area contributed by atoms with Gasteiger partial charge in [-0.05, 0) is 50.0 Å². The van der Waals surface area contributed by atoms with Crippen LogP contribution >= 0.6 is 0 Å². The van der Waals surface area contributed by atoms with Crippen molar-refractivity contribution >= 4 is 11.7 Å². The van der Waals surface area contributed by atoms with Crippen molar-refractivity contribution in [3.8, 4) is 5.69 Å². The fourth-order valence-electron chi connectivity index (χ4n) is 2.83. The maximum Gasteiger partial charge on any atom is 0.319 e. The lowest BCUT2D eigenvalue weighted by Crippen LogP contribution is -2.37. The van der Waals surface area contributed by atoms with Gasteiger partial charge in [0.2, 0.25) is 0 Å². The second kappa shape index (κ2) is 8.46. The minimum Gasteiger partial charge on any atom is -0.336 e. The Morgan fingerprint density at radius 3 is 2.56 bits per heavy atom. The molecule has 1 atom stereocenters. The van der Waals surface area contributed by atoms with E-state index in [2.05, 4.69) is 15.7 Å². The number of amides is 2. The Hall–Kier alpha value is -3.19. The highest BCUT2D eigenvalue weighted by Crippen LogP contribution is 2.20. The molecule has 3 aromatic rings. The molecule has 0 aliphatic rings. The van der Waals surface area contributed by atoms with Crippen LogP contribution in [-0.4, -0.2) is 41.4 Å². The highest BCUT2D eigenvalue weighted by Gasteiger charge is 2.16. The number of hydrogen-bond donors (Lipinski definition) is 2. The number of para-hydroxylation sites is 2. The van der Waals surface area contributed by atoms with E-state index in [0.29, 0.717) is 12.2 Å². The summed E-state index contributed by atoms with van der Waals surface area (Å²) in [7, 11) is 3.83. The Labute approximate surface area is 157 Å². The van der Waals surface area contributed by atoms with Crippen LogP contribution in [0.25, 0.3) is 5.69 Å². The van der Waals surface area contributed by atoms with Crippen molar-refractivity contribution < 1.29 is 9.18 Å². The average Bonchev–Trinajstić information content (AvgIpc) is 3.18. The topological polar surface area (TPSA) is 62.2 Å². The Kier molecular flexibility index (Phi) is 5.83. The van der Waals surface area contributed by atoms with Crippen LogP contribution in [0.5, 0.6) is 0 Å². The number of rotatable bonds is 6. The molecule has 0 saturated carbocycles. The van der Waals surface area contributed by atoms with Gasteiger partial charge in [-0.3, -0.25) is 0 Å². The van der Waals surface area contributed by atoms with Crippen molar-refractivity contribution in [3.05, 3.63) is 78.4 Å². The van der Waals surface area contributed by atoms with Gasteiger partial charge in [0.05, 0.1) is 17.4 Å². The molecule has 0 radical (unpaired) electrons. The third-order valence-corrected chi connectivity index (χ3v) is 4.24. The summed E-state index contributed by atoms with van der Waals surface area (Å²) in [4.78, 5) is 14.4. The van der Waals surface area contributed by atoms with Crippen LogP contribution in [0.2, 0.25) is 0 Å². The molecular formula is C20H22FN5O. The van der Waals surface area contributed by atoms with E-state index in [-0.39, 0.29) is 17.9 Å². The Morgan fingerprint density at radius 1 is 1.15 bits per heavy atom. The van der Waals surface area contributed by atoms with Crippen molar-refractivity contribution in [2.24, 2.45) is 0 Å². The Morgan fingerprint density at radius 2 is 1.89 bits per heavy atom. The van der Waals surface area contributed by atoms with Crippen LogP contribution in [-0.2, 0) is 0 Å². The van der Waals surface area contributed by atoms with E-state index >= 15 is 0 Å². The number of nitrogens with zero attached hydrogens (tertiary/aromatic N) is 3. The second-order valence-electron chi connectivity index (χ2n) is 6.33. The van der Waals surface area contributed by atoms with Gasteiger partial charge in [0, 0.05) is 18.9 Å². The van der Waals surface area contributed by atoms with Gasteiger partial charge < -0.3 is 15.5 Å². The van der Waals surface area contributed by atoms with Gasteiger partial charge in [-0.15, -0.1) is 0 Å². The summed E-state index contributed by atoms with van der Waals surface area (Å²) in [6, 6.07) is 15.2. The van der Waals surface area contributed by atoms with Gasteiger partial charge in [-0.25, -0.2) is 13.9 Å². The summed E-state index contributed by atoms with van der Waals surface area (Å²) in [5.41, 5.74) is 2.36. The first-order valence-corrected chi connectivity index (χ1v) is 8.60. The molecular weight excluding hydrogens is 345 g/mol. The summed E-state index contributed by atoms with van der Waals surface area (Å²) in [6.07, 6.45) is 3.50. The molecule has 140 valence electrons. The molecule has 0 spiro atoms. The van der Waals surface area contributed by atoms with Gasteiger partial charge in [0.25, 0.3) is 0 Å². The number of carbonyl (C=O) groups is 1. The molecule has 0 bridgehead atoms. The van der Waals surface area contributed by atoms with E-state index in [1.807, 2.05) is 55.5 Å². The quantitative estimate of drug-likeness (QED) is 0.702. The first kappa shape index (κ1) is 18.6. The largest absolute Gasteiger partial charge is 0.336 e. The zero-order chi connectivity index (χ0) is 19.2. The van der Waals surface area contributed by atoms with E-state index < -0.39 is 0 Å². The molecule has 0 fully saturated rings. The summed E-state index contributed by atoms with van der Waals surface area (Å²) in [6.45, 7) is 0.383. The highest BCUT2D eigenvalue weighted by molar-refractivity contribution is 5.91. The van der Waals surface area contributed by atoms with E-state index in [4.69, 9.17) is 0 Å². The minimum atomic E-state index is -0.316. The molecule has 3 rings (SSSR count). The molecule has 1 aromatic heterocycles. The lowest BCUT2D eigenvalue weighted by Gasteiger charge is -2.25. The van der Waals surface area contributed by atoms with E-state index in [0.717, 1.165) is 11.3 Å². The fourth-order valence-corrected chi connectivity index (χ4v) is 2.83. The van der Waals surface area contributed by atoms with Crippen LogP contribution in [0, 0.1) is 5.82 Å². The predicted octanol–water partition coefficient (Wildman–Crippen LogP) is 3.44. The highest BCUT2D eigenvalue weighted by atomic mass is 19.1. The number of carbonyl (C=O) groups excluding carboxylic acids is 1. The normalized spacial score (nSPS) is 12.0. The molecule has 2 aromatic carbocycles. The number of aromatic nitrogens is 2. The number of anilines is 1. The first-order chi connectivity index (χ1) is 13.0. The summed E-state index contributed by atoms with van der Waals surface area (Å²) >= 11 is 0. The fraction of sp³-hybridized carbons (Fsp3) is 0.200. The lowest BCUT2D eigenvalue weighted by atomic mass is 10.1. The predicted molar refractivity (Wildman–Crippen MR) is 103 cm³/mol. The van der Waals surface area contributed by atoms with Gasteiger partial charge in [-0.1, -0.05) is 24.3 Å². The number of hydrogen-bond acceptors (Lipinski definition) is 3. The van der Waals surface area contributed by atoms with Crippen molar-refractivity contribution in [1.82, 2.24) is 20.0 Å². The molecule has 6 nitrogen and oxygen atoms in total. The van der Waals surface area contributed by atoms with Crippen molar-refractivity contribution in [2.45, 2.75) is 6.04 Å². The first-order valence-electron chi connectivity index (χ1n) is 8.60. The zero-order valence-corrected chi connectivity index (χ0v) is 15.3. The molecule has 7 heteroatoms. The molecule has 27 heavy (non-hydrogen) atoms. The standard InChI is InChI=1S/C20H22FN5O/c1-25(2)19(15-8-10-16(21)11-9-15)14-22-20(27)24-17-6-3-4-7-18(17)26-13-5-12-23-26/h3-13,19H,14H2,1-2H3,(H2,22,24,27). The smallest absolute Gasteiger partial charge is 0.319 e. The Bertz CT molecular complexity index is 878. The van der Waals surface area contributed by atoms with Crippen LogP contribution in [0.3, 0.4) is 0 Å². The van der Waals surface area contributed by atoms with Crippen molar-refractivity contribution in [1.29, 1.82) is 0 Å². The minimum absolute atomic E-state index is 0.0716. The third-order valence-electron chi connectivity index (χ3n) is 4.24. The maximum atomic E-state index is 13.2. The number of halogens is 1. The molecule has 2 N–H and O–H groups in total. The van der Waals surface area contributed by atoms with Crippen LogP contribution in [0.1, 0.15) is 11.6 Å². The summed E-state index contributed by atoms with van der Waals surface area (Å²) < 4.78 is 14.9. The van der Waals surface area contributed by atoms with Crippen LogP contribution in [0.4, 0.5) is 14.9 Å². The lowest BCUT2D eigenvalue weighted by molar-refractivity contribution is 0.243. The monoisotopic (exact) mass is 367 g/mol. The third kappa shape index (κ3) is 4.71. The average molecular weight is 367 g/mol. The summed E-state index contributed by atoms with van der Waals surface area (Å²) in [5.74, 6) is -0.280. The van der Waals surface area contributed by atoms with Gasteiger partial charge in [0.1, 0.15) is 5.82 Å². The molecule has 2 amide bonds. The van der Waals surface area contributed by atoms with Crippen molar-refractivity contribution in [2.75, 3.05) is 26.0 Å². The maximum absolute atomic E-state index is 13.2. The Balaban J connectivity index is 1.66. The number of urea groups is 1. The van der Waals surface area contributed by atoms with E-state index in [1.54, 1.807) is 23.0 Å². The summed E-state index contributed by atoms with van der Waals surface area (Å²) in [5, 5.41) is 9.95. The zero-order valence-electron chi connectivity index (χ0n) is 15.3. The molecule has 1 heterocycles. The van der Waals surface area contributed by atoms with Gasteiger partial charge in [-0.2, -0.15) is 5.10 Å². The molecule has 1 unspecified atom stereocenters. The number of benzene rings is 2. The van der Waals surface area contributed by atoms with Crippen molar-refractivity contribution in [3.63, 3.8) is 0 Å². The van der Waals surface area contributed by atoms with E-state index in [9.17, 15) is 9.18 Å². The van der Waals surface area contributed by atoms with E-state index in [1.165, 1.54) is 12.1 Å². The number of likely N-dealkylation sites (N-methyl/N-ethyl adjacent to an activating group) is 1. The molecule has 0 aliphatic carbocycles.